The van der Waals surface area contributed by atoms with E-state index in [0.717, 1.165) is 0 Å². The zero-order chi connectivity index (χ0) is 14.3. The van der Waals surface area contributed by atoms with Crippen molar-refractivity contribution < 1.29 is 0 Å². The SMILES string of the molecule is Cc1c(I)n(-c2ccc(N(C)C)cc2)c2ccccc12. The Morgan fingerprint density at radius 1 is 0.950 bits per heavy atom. The largest absolute Gasteiger partial charge is 0.378 e. The van der Waals surface area contributed by atoms with Crippen LogP contribution in [0.1, 0.15) is 5.56 Å². The summed E-state index contributed by atoms with van der Waals surface area (Å²) >= 11 is 2.44. The monoisotopic (exact) mass is 376 g/mol. The van der Waals surface area contributed by atoms with Crippen molar-refractivity contribution in [3.63, 3.8) is 0 Å². The standard InChI is InChI=1S/C17H17IN2/c1-12-15-6-4-5-7-16(15)20(17(12)18)14-10-8-13(9-11-14)19(2)3/h4-11H,1-3H3. The molecule has 102 valence electrons. The molecular formula is C17H17IN2. The molecule has 0 spiro atoms. The average Bonchev–Trinajstić information content (AvgIpc) is 2.72. The van der Waals surface area contributed by atoms with E-state index in [2.05, 4.69) is 102 Å². The van der Waals surface area contributed by atoms with Crippen LogP contribution >= 0.6 is 22.6 Å². The maximum absolute atomic E-state index is 2.44. The number of hydrogen-bond acceptors (Lipinski definition) is 1. The summed E-state index contributed by atoms with van der Waals surface area (Å²) in [6.07, 6.45) is 0. The smallest absolute Gasteiger partial charge is 0.0884 e. The molecular weight excluding hydrogens is 359 g/mol. The first-order valence-electron chi connectivity index (χ1n) is 6.63. The van der Waals surface area contributed by atoms with Gasteiger partial charge in [0.25, 0.3) is 0 Å². The van der Waals surface area contributed by atoms with Gasteiger partial charge in [0.1, 0.15) is 0 Å². The Morgan fingerprint density at radius 2 is 1.60 bits per heavy atom. The Bertz CT molecular complexity index is 755. The van der Waals surface area contributed by atoms with E-state index in [1.54, 1.807) is 0 Å². The fourth-order valence-electron chi connectivity index (χ4n) is 2.52. The molecule has 0 saturated carbocycles. The molecule has 3 rings (SSSR count). The van der Waals surface area contributed by atoms with Gasteiger partial charge in [-0.2, -0.15) is 0 Å². The number of halogens is 1. The molecule has 1 aromatic heterocycles. The van der Waals surface area contributed by atoms with Gasteiger partial charge in [-0.3, -0.25) is 0 Å². The van der Waals surface area contributed by atoms with E-state index in [1.807, 2.05) is 0 Å². The summed E-state index contributed by atoms with van der Waals surface area (Å²) in [7, 11) is 4.13. The summed E-state index contributed by atoms with van der Waals surface area (Å²) in [6, 6.07) is 17.3. The van der Waals surface area contributed by atoms with E-state index in [4.69, 9.17) is 0 Å². The van der Waals surface area contributed by atoms with E-state index in [-0.39, 0.29) is 0 Å². The maximum atomic E-state index is 2.44. The number of hydrogen-bond donors (Lipinski definition) is 0. The number of anilines is 1. The highest BCUT2D eigenvalue weighted by molar-refractivity contribution is 14.1. The summed E-state index contributed by atoms with van der Waals surface area (Å²) < 4.78 is 3.60. The molecule has 1 heterocycles. The maximum Gasteiger partial charge on any atom is 0.0884 e. The number of aryl methyl sites for hydroxylation is 1. The lowest BCUT2D eigenvalue weighted by Gasteiger charge is -2.14. The molecule has 0 bridgehead atoms. The normalized spacial score (nSPS) is 11.0. The molecule has 3 aromatic rings. The predicted molar refractivity (Wildman–Crippen MR) is 95.1 cm³/mol. The van der Waals surface area contributed by atoms with Gasteiger partial charge in [0, 0.05) is 30.9 Å². The molecule has 0 atom stereocenters. The Morgan fingerprint density at radius 3 is 2.25 bits per heavy atom. The summed E-state index contributed by atoms with van der Waals surface area (Å²) in [5.41, 5.74) is 5.05. The minimum atomic E-state index is 1.21. The molecule has 0 radical (unpaired) electrons. The summed E-state index contributed by atoms with van der Waals surface area (Å²) in [5.74, 6) is 0. The van der Waals surface area contributed by atoms with Gasteiger partial charge in [-0.15, -0.1) is 0 Å². The van der Waals surface area contributed by atoms with Crippen LogP contribution in [0.5, 0.6) is 0 Å². The van der Waals surface area contributed by atoms with Crippen LogP contribution < -0.4 is 4.90 Å². The molecule has 0 N–H and O–H groups in total. The number of aromatic nitrogens is 1. The first-order chi connectivity index (χ1) is 9.59. The summed E-state index contributed by atoms with van der Waals surface area (Å²) in [4.78, 5) is 2.12. The molecule has 0 aliphatic carbocycles. The lowest BCUT2D eigenvalue weighted by atomic mass is 10.2. The fourth-order valence-corrected chi connectivity index (χ4v) is 3.35. The summed E-state index contributed by atoms with van der Waals surface area (Å²) in [5, 5.41) is 1.33. The van der Waals surface area contributed by atoms with Crippen LogP contribution in [0.4, 0.5) is 5.69 Å². The molecule has 0 aliphatic heterocycles. The minimum absolute atomic E-state index is 1.21. The van der Waals surface area contributed by atoms with Gasteiger partial charge in [0.2, 0.25) is 0 Å². The molecule has 3 heteroatoms. The van der Waals surface area contributed by atoms with E-state index in [1.165, 1.54) is 31.5 Å². The zero-order valence-corrected chi connectivity index (χ0v) is 14.0. The highest BCUT2D eigenvalue weighted by Gasteiger charge is 2.12. The van der Waals surface area contributed by atoms with Gasteiger partial charge in [-0.05, 0) is 65.4 Å². The van der Waals surface area contributed by atoms with Crippen molar-refractivity contribution in [1.82, 2.24) is 4.57 Å². The highest BCUT2D eigenvalue weighted by atomic mass is 127. The van der Waals surface area contributed by atoms with Crippen LogP contribution in [-0.4, -0.2) is 18.7 Å². The minimum Gasteiger partial charge on any atom is -0.378 e. The molecule has 0 unspecified atom stereocenters. The van der Waals surface area contributed by atoms with Crippen molar-refractivity contribution in [2.75, 3.05) is 19.0 Å². The van der Waals surface area contributed by atoms with Crippen molar-refractivity contribution >= 4 is 39.2 Å². The van der Waals surface area contributed by atoms with Crippen LogP contribution in [0.25, 0.3) is 16.6 Å². The zero-order valence-electron chi connectivity index (χ0n) is 11.9. The third kappa shape index (κ3) is 2.10. The second-order valence-corrected chi connectivity index (χ2v) is 6.20. The molecule has 0 amide bonds. The Kier molecular flexibility index (Phi) is 3.46. The second kappa shape index (κ2) is 5.13. The predicted octanol–water partition coefficient (Wildman–Crippen LogP) is 4.61. The van der Waals surface area contributed by atoms with Gasteiger partial charge >= 0.3 is 0 Å². The Labute approximate surface area is 133 Å². The van der Waals surface area contributed by atoms with Crippen LogP contribution in [0.3, 0.4) is 0 Å². The topological polar surface area (TPSA) is 8.17 Å². The van der Waals surface area contributed by atoms with E-state index in [9.17, 15) is 0 Å². The van der Waals surface area contributed by atoms with Crippen molar-refractivity contribution in [2.24, 2.45) is 0 Å². The van der Waals surface area contributed by atoms with Crippen molar-refractivity contribution in [3.05, 3.63) is 57.8 Å². The fraction of sp³-hybridized carbons (Fsp3) is 0.176. The number of nitrogens with zero attached hydrogens (tertiary/aromatic N) is 2. The van der Waals surface area contributed by atoms with Crippen molar-refractivity contribution in [1.29, 1.82) is 0 Å². The van der Waals surface area contributed by atoms with Gasteiger partial charge in [-0.1, -0.05) is 18.2 Å². The molecule has 20 heavy (non-hydrogen) atoms. The molecule has 0 aliphatic rings. The molecule has 0 saturated heterocycles. The van der Waals surface area contributed by atoms with E-state index < -0.39 is 0 Å². The highest BCUT2D eigenvalue weighted by Crippen LogP contribution is 2.30. The molecule has 2 nitrogen and oxygen atoms in total. The van der Waals surface area contributed by atoms with Crippen LogP contribution in [0, 0.1) is 10.6 Å². The number of rotatable bonds is 2. The Balaban J connectivity index is 2.21. The van der Waals surface area contributed by atoms with Crippen LogP contribution in [-0.2, 0) is 0 Å². The third-order valence-electron chi connectivity index (χ3n) is 3.68. The summed E-state index contributed by atoms with van der Waals surface area (Å²) in [6.45, 7) is 2.19. The Hall–Kier alpha value is -1.49. The number of benzene rings is 2. The first-order valence-corrected chi connectivity index (χ1v) is 7.71. The lowest BCUT2D eigenvalue weighted by Crippen LogP contribution is -2.08. The molecule has 2 aromatic carbocycles. The van der Waals surface area contributed by atoms with Gasteiger partial charge in [0.05, 0.1) is 9.22 Å². The first kappa shape index (κ1) is 13.5. The van der Waals surface area contributed by atoms with E-state index >= 15 is 0 Å². The van der Waals surface area contributed by atoms with Crippen molar-refractivity contribution in [3.8, 4) is 5.69 Å². The second-order valence-electron chi connectivity index (χ2n) is 5.18. The van der Waals surface area contributed by atoms with Crippen molar-refractivity contribution in [2.45, 2.75) is 6.92 Å². The van der Waals surface area contributed by atoms with Crippen LogP contribution in [0.15, 0.2) is 48.5 Å². The van der Waals surface area contributed by atoms with E-state index in [0.29, 0.717) is 0 Å². The van der Waals surface area contributed by atoms with Gasteiger partial charge < -0.3 is 9.47 Å². The third-order valence-corrected chi connectivity index (χ3v) is 4.97. The molecule has 0 fully saturated rings. The number of para-hydroxylation sites is 1. The number of fused-ring (bicyclic) bond motifs is 1. The van der Waals surface area contributed by atoms with Gasteiger partial charge in [0.15, 0.2) is 0 Å². The van der Waals surface area contributed by atoms with Crippen LogP contribution in [0.2, 0.25) is 0 Å². The van der Waals surface area contributed by atoms with Gasteiger partial charge in [-0.25, -0.2) is 0 Å². The quantitative estimate of drug-likeness (QED) is 0.593. The lowest BCUT2D eigenvalue weighted by molar-refractivity contribution is 1.07. The average molecular weight is 376 g/mol.